The maximum atomic E-state index is 12.6. The number of rotatable bonds is 9. The minimum atomic E-state index is -0.244. The number of hydrogen-bond acceptors (Lipinski definition) is 10. The number of likely N-dealkylation sites (N-methyl/N-ethyl adjacent to an activating group) is 1. The Bertz CT molecular complexity index is 1720. The van der Waals surface area contributed by atoms with Crippen molar-refractivity contribution in [1.29, 1.82) is 5.26 Å². The predicted molar refractivity (Wildman–Crippen MR) is 186 cm³/mol. The highest BCUT2D eigenvalue weighted by Crippen LogP contribution is 2.56. The zero-order valence-electron chi connectivity index (χ0n) is 27.5. The number of carbonyl (C=O) groups excluding carboxylic acids is 1. The molecule has 0 radical (unpaired) electrons. The molecule has 1 amide bonds. The van der Waals surface area contributed by atoms with Gasteiger partial charge < -0.3 is 24.2 Å². The topological polar surface area (TPSA) is 98.1 Å². The SMILES string of the molecule is C=CC(=O)N1CCN(c2nc(OCC3S[C@]3(C)N(C)C3CCOC3)nc3c2CCN(c2cccc4cccc(C)c24)C3)C[C@@H]1CC#N. The summed E-state index contributed by atoms with van der Waals surface area (Å²) in [6.45, 7) is 13.4. The summed E-state index contributed by atoms with van der Waals surface area (Å²) in [7, 11) is 2.19. The van der Waals surface area contributed by atoms with E-state index in [1.165, 1.54) is 28.1 Å². The van der Waals surface area contributed by atoms with Crippen LogP contribution in [0, 0.1) is 18.3 Å². The third kappa shape index (κ3) is 6.03. The molecule has 0 spiro atoms. The van der Waals surface area contributed by atoms with Crippen molar-refractivity contribution in [1.82, 2.24) is 19.8 Å². The highest BCUT2D eigenvalue weighted by atomic mass is 32.2. The van der Waals surface area contributed by atoms with E-state index in [9.17, 15) is 10.1 Å². The van der Waals surface area contributed by atoms with Crippen molar-refractivity contribution >= 4 is 39.9 Å². The van der Waals surface area contributed by atoms with Crippen LogP contribution in [-0.4, -0.2) is 101 Å². The van der Waals surface area contributed by atoms with Gasteiger partial charge in [0, 0.05) is 55.5 Å². The van der Waals surface area contributed by atoms with Gasteiger partial charge in [0.25, 0.3) is 0 Å². The number of fused-ring (bicyclic) bond motifs is 2. The van der Waals surface area contributed by atoms with Crippen molar-refractivity contribution in [3.05, 3.63) is 65.9 Å². The molecule has 11 heteroatoms. The van der Waals surface area contributed by atoms with Crippen molar-refractivity contribution in [2.24, 2.45) is 0 Å². The molecule has 7 rings (SSSR count). The Balaban J connectivity index is 1.18. The van der Waals surface area contributed by atoms with Crippen LogP contribution in [-0.2, 0) is 22.5 Å². The first-order valence-electron chi connectivity index (χ1n) is 16.6. The van der Waals surface area contributed by atoms with Crippen LogP contribution in [0.5, 0.6) is 6.01 Å². The first kappa shape index (κ1) is 31.7. The van der Waals surface area contributed by atoms with Crippen LogP contribution in [0.25, 0.3) is 10.8 Å². The standard InChI is InChI=1S/C36H43N7O3S/c1-5-32(44)43-18-17-42(20-26(43)12-15-37)34-28-13-16-41(30-11-7-10-25-9-6-8-24(2)33(25)30)21-29(28)38-35(39-34)46-23-31-36(3,47-31)40(4)27-14-19-45-22-27/h5-11,26-27,31H,1,12-14,16-23H2,2-4H3/t26-,27?,31?,36-/m0/s1. The molecule has 0 saturated carbocycles. The maximum Gasteiger partial charge on any atom is 0.318 e. The van der Waals surface area contributed by atoms with Crippen LogP contribution >= 0.6 is 11.8 Å². The van der Waals surface area contributed by atoms with Gasteiger partial charge in [0.15, 0.2) is 0 Å². The fourth-order valence-corrected chi connectivity index (χ4v) is 8.71. The number of aromatic nitrogens is 2. The average molecular weight is 654 g/mol. The third-order valence-corrected chi connectivity index (χ3v) is 12.1. The zero-order chi connectivity index (χ0) is 32.7. The molecule has 246 valence electrons. The summed E-state index contributed by atoms with van der Waals surface area (Å²) in [4.78, 5) is 31.6. The van der Waals surface area contributed by atoms with Crippen LogP contribution in [0.4, 0.5) is 11.5 Å². The Morgan fingerprint density at radius 2 is 2.06 bits per heavy atom. The third-order valence-electron chi connectivity index (χ3n) is 10.5. The van der Waals surface area contributed by atoms with Gasteiger partial charge in [0.1, 0.15) is 12.4 Å². The fourth-order valence-electron chi connectivity index (χ4n) is 7.52. The van der Waals surface area contributed by atoms with Crippen molar-refractivity contribution in [3.8, 4) is 12.1 Å². The molecule has 3 aromatic rings. The Kier molecular flexibility index (Phi) is 8.76. The van der Waals surface area contributed by atoms with Gasteiger partial charge >= 0.3 is 6.01 Å². The highest BCUT2D eigenvalue weighted by Gasteiger charge is 2.56. The van der Waals surface area contributed by atoms with Crippen LogP contribution in [0.1, 0.15) is 36.6 Å². The van der Waals surface area contributed by atoms with E-state index in [0.29, 0.717) is 50.1 Å². The second-order valence-electron chi connectivity index (χ2n) is 13.2. The summed E-state index contributed by atoms with van der Waals surface area (Å²) in [6.07, 6.45) is 3.43. The molecule has 3 fully saturated rings. The molecular formula is C36H43N7O3S. The lowest BCUT2D eigenvalue weighted by atomic mass is 9.99. The summed E-state index contributed by atoms with van der Waals surface area (Å²) >= 11 is 1.92. The number of nitriles is 1. The second kappa shape index (κ2) is 13.0. The first-order valence-corrected chi connectivity index (χ1v) is 17.5. The largest absolute Gasteiger partial charge is 0.462 e. The van der Waals surface area contributed by atoms with Gasteiger partial charge in [0.2, 0.25) is 5.91 Å². The van der Waals surface area contributed by atoms with E-state index >= 15 is 0 Å². The van der Waals surface area contributed by atoms with E-state index in [2.05, 4.69) is 84.6 Å². The summed E-state index contributed by atoms with van der Waals surface area (Å²) in [6, 6.07) is 15.8. The maximum absolute atomic E-state index is 12.6. The second-order valence-corrected chi connectivity index (χ2v) is 14.8. The van der Waals surface area contributed by atoms with Gasteiger partial charge in [-0.1, -0.05) is 36.9 Å². The lowest BCUT2D eigenvalue weighted by molar-refractivity contribution is -0.128. The Morgan fingerprint density at radius 3 is 2.83 bits per heavy atom. The van der Waals surface area contributed by atoms with Crippen LogP contribution in [0.3, 0.4) is 0 Å². The number of amides is 1. The summed E-state index contributed by atoms with van der Waals surface area (Å²) in [5.74, 6) is 0.720. The number of hydrogen-bond donors (Lipinski definition) is 0. The van der Waals surface area contributed by atoms with E-state index in [1.54, 1.807) is 4.90 Å². The molecule has 4 atom stereocenters. The number of nitrogens with zero attached hydrogens (tertiary/aromatic N) is 7. The molecule has 1 aromatic heterocycles. The number of carbonyl (C=O) groups is 1. The van der Waals surface area contributed by atoms with Crippen molar-refractivity contribution in [3.63, 3.8) is 0 Å². The molecule has 2 aromatic carbocycles. The summed E-state index contributed by atoms with van der Waals surface area (Å²) in [5, 5.41) is 12.4. The number of thioether (sulfide) groups is 1. The van der Waals surface area contributed by atoms with Crippen molar-refractivity contribution < 1.29 is 14.3 Å². The highest BCUT2D eigenvalue weighted by molar-refractivity contribution is 8.08. The Morgan fingerprint density at radius 1 is 1.23 bits per heavy atom. The minimum Gasteiger partial charge on any atom is -0.462 e. The predicted octanol–water partition coefficient (Wildman–Crippen LogP) is 4.55. The van der Waals surface area contributed by atoms with Gasteiger partial charge in [-0.05, 0) is 56.8 Å². The van der Waals surface area contributed by atoms with Crippen LogP contribution < -0.4 is 14.5 Å². The fraction of sp³-hybridized carbons (Fsp3) is 0.500. The van der Waals surface area contributed by atoms with E-state index in [0.717, 1.165) is 49.7 Å². The van der Waals surface area contributed by atoms with E-state index in [-0.39, 0.29) is 23.2 Å². The molecule has 3 saturated heterocycles. The van der Waals surface area contributed by atoms with Gasteiger partial charge in [-0.25, -0.2) is 0 Å². The lowest BCUT2D eigenvalue weighted by Crippen LogP contribution is -2.55. The molecule has 10 nitrogen and oxygen atoms in total. The molecule has 0 N–H and O–H groups in total. The zero-order valence-corrected chi connectivity index (χ0v) is 28.3. The van der Waals surface area contributed by atoms with Gasteiger partial charge in [-0.3, -0.25) is 9.69 Å². The number of ether oxygens (including phenoxy) is 2. The monoisotopic (exact) mass is 653 g/mol. The van der Waals surface area contributed by atoms with Gasteiger partial charge in [0.05, 0.1) is 47.5 Å². The molecular weight excluding hydrogens is 611 g/mol. The average Bonchev–Trinajstić information content (AvgIpc) is 3.46. The number of aryl methyl sites for hydroxylation is 1. The van der Waals surface area contributed by atoms with E-state index in [1.807, 2.05) is 11.8 Å². The van der Waals surface area contributed by atoms with E-state index < -0.39 is 0 Å². The summed E-state index contributed by atoms with van der Waals surface area (Å²) in [5.41, 5.74) is 4.56. The quantitative estimate of drug-likeness (QED) is 0.242. The number of benzene rings is 2. The molecule has 5 heterocycles. The molecule has 4 aliphatic heterocycles. The van der Waals surface area contributed by atoms with Crippen molar-refractivity contribution in [2.75, 3.05) is 62.8 Å². The smallest absolute Gasteiger partial charge is 0.318 e. The van der Waals surface area contributed by atoms with Crippen LogP contribution in [0.15, 0.2) is 49.1 Å². The first-order chi connectivity index (χ1) is 22.8. The Labute approximate surface area is 281 Å². The van der Waals surface area contributed by atoms with E-state index in [4.69, 9.17) is 19.4 Å². The molecule has 0 bridgehead atoms. The summed E-state index contributed by atoms with van der Waals surface area (Å²) < 4.78 is 12.1. The Hall–Kier alpha value is -3.85. The molecule has 0 aliphatic carbocycles. The van der Waals surface area contributed by atoms with Gasteiger partial charge in [-0.15, -0.1) is 11.8 Å². The van der Waals surface area contributed by atoms with Crippen molar-refractivity contribution in [2.45, 2.75) is 61.9 Å². The molecule has 2 unspecified atom stereocenters. The normalized spacial score (nSPS) is 25.5. The molecule has 47 heavy (non-hydrogen) atoms. The minimum absolute atomic E-state index is 0.00301. The van der Waals surface area contributed by atoms with Gasteiger partial charge in [-0.2, -0.15) is 15.2 Å². The number of piperazine rings is 1. The molecule has 4 aliphatic rings. The van der Waals surface area contributed by atoms with Crippen LogP contribution in [0.2, 0.25) is 0 Å². The lowest BCUT2D eigenvalue weighted by Gasteiger charge is -2.42. The number of anilines is 2.